The minimum atomic E-state index is -3.24. The summed E-state index contributed by atoms with van der Waals surface area (Å²) in [6.07, 6.45) is 3.27. The molecule has 0 radical (unpaired) electrons. The van der Waals surface area contributed by atoms with Crippen molar-refractivity contribution in [2.45, 2.75) is 23.1 Å². The molecule has 1 aromatic carbocycles. The van der Waals surface area contributed by atoms with Crippen LogP contribution in [0, 0.1) is 0 Å². The molecule has 0 unspecified atom stereocenters. The summed E-state index contributed by atoms with van der Waals surface area (Å²) in [7, 11) is -3.24. The number of Topliss-reactive ketones (excluding diaryl/α,β-unsaturated/α-hetero) is 1. The fraction of sp³-hybridized carbons (Fsp3) is 0.364. The second-order valence-electron chi connectivity index (χ2n) is 3.60. The molecule has 0 N–H and O–H groups in total. The van der Waals surface area contributed by atoms with Crippen LogP contribution in [0.5, 0.6) is 0 Å². The van der Waals surface area contributed by atoms with Gasteiger partial charge in [-0.15, -0.1) is 11.8 Å². The van der Waals surface area contributed by atoms with Crippen molar-refractivity contribution in [3.05, 3.63) is 23.8 Å². The third kappa shape index (κ3) is 3.09. The van der Waals surface area contributed by atoms with Crippen LogP contribution in [0.4, 0.5) is 0 Å². The van der Waals surface area contributed by atoms with E-state index < -0.39 is 9.84 Å². The molecule has 3 nitrogen and oxygen atoms in total. The van der Waals surface area contributed by atoms with E-state index in [1.54, 1.807) is 18.2 Å². The van der Waals surface area contributed by atoms with Crippen molar-refractivity contribution in [2.75, 3.05) is 12.5 Å². The minimum absolute atomic E-state index is 0.0287. The Bertz CT molecular complexity index is 504. The molecule has 0 fully saturated rings. The molecule has 0 bridgehead atoms. The lowest BCUT2D eigenvalue weighted by molar-refractivity contribution is -0.116. The van der Waals surface area contributed by atoms with E-state index in [2.05, 4.69) is 0 Å². The van der Waals surface area contributed by atoms with Crippen molar-refractivity contribution >= 4 is 27.4 Å². The van der Waals surface area contributed by atoms with Gasteiger partial charge in [-0.05, 0) is 24.8 Å². The molecule has 0 saturated carbocycles. The van der Waals surface area contributed by atoms with Crippen molar-refractivity contribution in [2.24, 2.45) is 0 Å². The summed E-state index contributed by atoms with van der Waals surface area (Å²) in [5.41, 5.74) is 0.780. The van der Waals surface area contributed by atoms with Crippen LogP contribution in [0.3, 0.4) is 0 Å². The number of ketones is 1. The van der Waals surface area contributed by atoms with Gasteiger partial charge in [-0.3, -0.25) is 4.79 Å². The topological polar surface area (TPSA) is 51.2 Å². The average Bonchev–Trinajstić information content (AvgIpc) is 2.15. The average molecular weight is 258 g/mol. The van der Waals surface area contributed by atoms with Crippen LogP contribution >= 0.6 is 11.8 Å². The van der Waals surface area contributed by atoms with Crippen LogP contribution in [0.1, 0.15) is 12.5 Å². The number of carbonyl (C=O) groups is 1. The number of hydrogen-bond acceptors (Lipinski definition) is 4. The van der Waals surface area contributed by atoms with E-state index in [0.29, 0.717) is 9.79 Å². The first-order chi connectivity index (χ1) is 7.36. The second-order valence-corrected chi connectivity index (χ2v) is 6.40. The van der Waals surface area contributed by atoms with Gasteiger partial charge in [-0.1, -0.05) is 12.1 Å². The highest BCUT2D eigenvalue weighted by atomic mass is 32.2. The first-order valence-electron chi connectivity index (χ1n) is 4.71. The number of rotatable bonds is 4. The van der Waals surface area contributed by atoms with Crippen LogP contribution in [0.2, 0.25) is 0 Å². The van der Waals surface area contributed by atoms with E-state index in [9.17, 15) is 13.2 Å². The van der Waals surface area contributed by atoms with Gasteiger partial charge in [0.2, 0.25) is 0 Å². The van der Waals surface area contributed by atoms with Crippen LogP contribution in [-0.4, -0.2) is 26.7 Å². The lowest BCUT2D eigenvalue weighted by atomic mass is 10.1. The van der Waals surface area contributed by atoms with Gasteiger partial charge in [-0.2, -0.15) is 0 Å². The molecule has 0 aromatic heterocycles. The molecule has 1 rings (SSSR count). The summed E-state index contributed by atoms with van der Waals surface area (Å²) in [5.74, 6) is 0.0287. The molecule has 0 saturated heterocycles. The molecule has 16 heavy (non-hydrogen) atoms. The van der Waals surface area contributed by atoms with Gasteiger partial charge in [0.15, 0.2) is 9.84 Å². The predicted octanol–water partition coefficient (Wildman–Crippen LogP) is 1.94. The standard InChI is InChI=1S/C11H14O3S2/c1-8(12)7-9-5-4-6-10(11(9)15-2)16(3,13)14/h4-6H,7H2,1-3H3. The molecular formula is C11H14O3S2. The van der Waals surface area contributed by atoms with E-state index in [-0.39, 0.29) is 12.2 Å². The van der Waals surface area contributed by atoms with E-state index in [4.69, 9.17) is 0 Å². The maximum Gasteiger partial charge on any atom is 0.176 e. The summed E-state index contributed by atoms with van der Waals surface area (Å²) in [6, 6.07) is 5.04. The zero-order valence-electron chi connectivity index (χ0n) is 9.48. The first-order valence-corrected chi connectivity index (χ1v) is 7.83. The Kier molecular flexibility index (Phi) is 4.15. The van der Waals surface area contributed by atoms with Crippen molar-refractivity contribution in [3.8, 4) is 0 Å². The van der Waals surface area contributed by atoms with Crippen molar-refractivity contribution in [1.82, 2.24) is 0 Å². The highest BCUT2D eigenvalue weighted by Crippen LogP contribution is 2.28. The number of hydrogen-bond donors (Lipinski definition) is 0. The first kappa shape index (κ1) is 13.3. The minimum Gasteiger partial charge on any atom is -0.300 e. The Balaban J connectivity index is 3.38. The van der Waals surface area contributed by atoms with Crippen molar-refractivity contribution in [3.63, 3.8) is 0 Å². The third-order valence-electron chi connectivity index (χ3n) is 2.10. The lowest BCUT2D eigenvalue weighted by Crippen LogP contribution is -2.04. The largest absolute Gasteiger partial charge is 0.300 e. The Morgan fingerprint density at radius 2 is 2.00 bits per heavy atom. The Hall–Kier alpha value is -0.810. The molecule has 0 aliphatic carbocycles. The molecule has 0 spiro atoms. The fourth-order valence-electron chi connectivity index (χ4n) is 1.49. The van der Waals surface area contributed by atoms with E-state index in [1.165, 1.54) is 24.9 Å². The maximum atomic E-state index is 11.6. The number of carbonyl (C=O) groups excluding carboxylic acids is 1. The van der Waals surface area contributed by atoms with Gasteiger partial charge < -0.3 is 0 Å². The van der Waals surface area contributed by atoms with Crippen LogP contribution in [0.15, 0.2) is 28.0 Å². The summed E-state index contributed by atoms with van der Waals surface area (Å²) >= 11 is 1.36. The Morgan fingerprint density at radius 1 is 1.38 bits per heavy atom. The molecular weight excluding hydrogens is 244 g/mol. The molecule has 88 valence electrons. The van der Waals surface area contributed by atoms with Gasteiger partial charge >= 0.3 is 0 Å². The summed E-state index contributed by atoms with van der Waals surface area (Å²) in [6.45, 7) is 1.50. The third-order valence-corrected chi connectivity index (χ3v) is 4.26. The molecule has 0 aliphatic heterocycles. The normalized spacial score (nSPS) is 11.4. The van der Waals surface area contributed by atoms with Crippen molar-refractivity contribution < 1.29 is 13.2 Å². The molecule has 0 atom stereocenters. The molecule has 0 heterocycles. The SMILES string of the molecule is CSc1c(CC(C)=O)cccc1S(C)(=O)=O. The zero-order chi connectivity index (χ0) is 12.3. The smallest absolute Gasteiger partial charge is 0.176 e. The quantitative estimate of drug-likeness (QED) is 0.775. The summed E-state index contributed by atoms with van der Waals surface area (Å²) < 4.78 is 23.1. The van der Waals surface area contributed by atoms with Gasteiger partial charge in [-0.25, -0.2) is 8.42 Å². The van der Waals surface area contributed by atoms with E-state index in [0.717, 1.165) is 5.56 Å². The number of benzene rings is 1. The molecule has 1 aromatic rings. The predicted molar refractivity (Wildman–Crippen MR) is 65.7 cm³/mol. The van der Waals surface area contributed by atoms with Crippen molar-refractivity contribution in [1.29, 1.82) is 0 Å². The zero-order valence-corrected chi connectivity index (χ0v) is 11.1. The summed E-state index contributed by atoms with van der Waals surface area (Å²) in [5, 5.41) is 0. The summed E-state index contributed by atoms with van der Waals surface area (Å²) in [4.78, 5) is 12.1. The monoisotopic (exact) mass is 258 g/mol. The van der Waals surface area contributed by atoms with Gasteiger partial charge in [0.1, 0.15) is 5.78 Å². The maximum absolute atomic E-state index is 11.6. The van der Waals surface area contributed by atoms with Crippen LogP contribution in [0.25, 0.3) is 0 Å². The second kappa shape index (κ2) is 5.01. The number of thioether (sulfide) groups is 1. The number of sulfone groups is 1. The van der Waals surface area contributed by atoms with E-state index in [1.807, 2.05) is 6.26 Å². The lowest BCUT2D eigenvalue weighted by Gasteiger charge is -2.10. The molecule has 5 heteroatoms. The highest BCUT2D eigenvalue weighted by Gasteiger charge is 2.16. The Morgan fingerprint density at radius 3 is 2.44 bits per heavy atom. The Labute approximate surface area is 100 Å². The van der Waals surface area contributed by atoms with Gasteiger partial charge in [0, 0.05) is 17.6 Å². The van der Waals surface area contributed by atoms with Crippen LogP contribution in [-0.2, 0) is 21.1 Å². The highest BCUT2D eigenvalue weighted by molar-refractivity contribution is 7.99. The molecule has 0 aliphatic rings. The molecule has 0 amide bonds. The van der Waals surface area contributed by atoms with Gasteiger partial charge in [0.25, 0.3) is 0 Å². The van der Waals surface area contributed by atoms with Crippen LogP contribution < -0.4 is 0 Å². The van der Waals surface area contributed by atoms with Gasteiger partial charge in [0.05, 0.1) is 4.90 Å². The fourth-order valence-corrected chi connectivity index (χ4v) is 3.66. The van der Waals surface area contributed by atoms with E-state index >= 15 is 0 Å².